The number of carbonyl (C=O) groups is 1. The fraction of sp³-hybridized carbons (Fsp3) is 0.167. The number of benzene rings is 2. The van der Waals surface area contributed by atoms with Crippen molar-refractivity contribution >= 4 is 29.0 Å². The minimum atomic E-state index is 0.0730. The number of carbonyl (C=O) groups excluding carboxylic acids is 1. The van der Waals surface area contributed by atoms with Gasteiger partial charge in [0.2, 0.25) is 5.91 Å². The van der Waals surface area contributed by atoms with Crippen molar-refractivity contribution in [3.05, 3.63) is 90.6 Å². The molecule has 0 radical (unpaired) electrons. The van der Waals surface area contributed by atoms with Crippen LogP contribution in [0.25, 0.3) is 23.1 Å². The molecule has 138 valence electrons. The molecule has 27 heavy (non-hydrogen) atoms. The SMILES string of the molecule is C=Cc1ccc2ccccc2n1.CCN(CC)C(=O)C=Cc1ccccc1. The molecule has 0 N–H and O–H groups in total. The predicted molar refractivity (Wildman–Crippen MR) is 115 cm³/mol. The number of nitrogens with zero attached hydrogens (tertiary/aromatic N) is 2. The third kappa shape index (κ3) is 6.23. The van der Waals surface area contributed by atoms with Crippen LogP contribution in [0.3, 0.4) is 0 Å². The normalized spacial score (nSPS) is 10.3. The first kappa shape index (κ1) is 20.1. The van der Waals surface area contributed by atoms with Crippen molar-refractivity contribution in [3.8, 4) is 0 Å². The zero-order valence-corrected chi connectivity index (χ0v) is 16.0. The Morgan fingerprint density at radius 1 is 0.963 bits per heavy atom. The van der Waals surface area contributed by atoms with E-state index in [2.05, 4.69) is 23.7 Å². The lowest BCUT2D eigenvalue weighted by atomic mass is 10.2. The van der Waals surface area contributed by atoms with E-state index in [9.17, 15) is 4.79 Å². The number of pyridine rings is 1. The van der Waals surface area contributed by atoms with E-state index in [1.165, 1.54) is 5.39 Å². The van der Waals surface area contributed by atoms with Gasteiger partial charge in [0.05, 0.1) is 11.2 Å². The first-order valence-corrected chi connectivity index (χ1v) is 9.18. The molecule has 3 heteroatoms. The summed E-state index contributed by atoms with van der Waals surface area (Å²) in [5.41, 5.74) is 3.00. The summed E-state index contributed by atoms with van der Waals surface area (Å²) in [6.07, 6.45) is 5.23. The third-order valence-electron chi connectivity index (χ3n) is 4.12. The van der Waals surface area contributed by atoms with E-state index in [1.54, 1.807) is 17.1 Å². The van der Waals surface area contributed by atoms with Crippen molar-refractivity contribution in [1.82, 2.24) is 9.88 Å². The number of para-hydroxylation sites is 1. The minimum Gasteiger partial charge on any atom is -0.340 e. The second kappa shape index (κ2) is 10.7. The molecular weight excluding hydrogens is 332 g/mol. The highest BCUT2D eigenvalue weighted by atomic mass is 16.2. The maximum atomic E-state index is 11.6. The highest BCUT2D eigenvalue weighted by molar-refractivity contribution is 5.91. The molecule has 0 unspecified atom stereocenters. The summed E-state index contributed by atoms with van der Waals surface area (Å²) in [4.78, 5) is 17.8. The van der Waals surface area contributed by atoms with E-state index in [-0.39, 0.29) is 5.91 Å². The first-order chi connectivity index (χ1) is 13.2. The van der Waals surface area contributed by atoms with Gasteiger partial charge in [-0.2, -0.15) is 0 Å². The Labute approximate surface area is 161 Å². The Morgan fingerprint density at radius 3 is 2.30 bits per heavy atom. The van der Waals surface area contributed by atoms with Gasteiger partial charge in [-0.15, -0.1) is 0 Å². The molecule has 0 aliphatic heterocycles. The predicted octanol–water partition coefficient (Wildman–Crippen LogP) is 5.45. The minimum absolute atomic E-state index is 0.0730. The highest BCUT2D eigenvalue weighted by Gasteiger charge is 2.03. The van der Waals surface area contributed by atoms with Crippen LogP contribution >= 0.6 is 0 Å². The van der Waals surface area contributed by atoms with Crippen LogP contribution in [0.1, 0.15) is 25.1 Å². The molecule has 3 nitrogen and oxygen atoms in total. The second-order valence-corrected chi connectivity index (χ2v) is 5.89. The topological polar surface area (TPSA) is 33.2 Å². The van der Waals surface area contributed by atoms with E-state index in [1.807, 2.05) is 74.5 Å². The van der Waals surface area contributed by atoms with E-state index in [4.69, 9.17) is 0 Å². The van der Waals surface area contributed by atoms with E-state index in [0.717, 1.165) is 29.9 Å². The van der Waals surface area contributed by atoms with Gasteiger partial charge in [-0.05, 0) is 43.7 Å². The summed E-state index contributed by atoms with van der Waals surface area (Å²) in [7, 11) is 0. The number of fused-ring (bicyclic) bond motifs is 1. The summed E-state index contributed by atoms with van der Waals surface area (Å²) in [6, 6.07) is 21.9. The number of aromatic nitrogens is 1. The van der Waals surface area contributed by atoms with Crippen molar-refractivity contribution in [2.45, 2.75) is 13.8 Å². The molecule has 1 amide bonds. The van der Waals surface area contributed by atoms with Crippen molar-refractivity contribution < 1.29 is 4.79 Å². The molecule has 0 aliphatic carbocycles. The lowest BCUT2D eigenvalue weighted by molar-refractivity contribution is -0.125. The van der Waals surface area contributed by atoms with Crippen molar-refractivity contribution in [1.29, 1.82) is 0 Å². The molecule has 0 saturated carbocycles. The standard InChI is InChI=1S/C13H17NO.C11H9N/c1-3-14(4-2)13(15)11-10-12-8-6-5-7-9-12;1-2-10-8-7-9-5-3-4-6-11(9)12-10/h5-11H,3-4H2,1-2H3;2-8H,1H2. The third-order valence-corrected chi connectivity index (χ3v) is 4.12. The van der Waals surface area contributed by atoms with Crippen LogP contribution in [-0.2, 0) is 4.79 Å². The summed E-state index contributed by atoms with van der Waals surface area (Å²) >= 11 is 0. The Hall–Kier alpha value is -3.20. The van der Waals surface area contributed by atoms with E-state index in [0.29, 0.717) is 0 Å². The van der Waals surface area contributed by atoms with Gasteiger partial charge in [0, 0.05) is 24.6 Å². The van der Waals surface area contributed by atoms with Gasteiger partial charge in [0.25, 0.3) is 0 Å². The zero-order valence-electron chi connectivity index (χ0n) is 16.0. The maximum Gasteiger partial charge on any atom is 0.246 e. The van der Waals surface area contributed by atoms with E-state index >= 15 is 0 Å². The van der Waals surface area contributed by atoms with Gasteiger partial charge in [-0.3, -0.25) is 4.79 Å². The molecule has 0 spiro atoms. The fourth-order valence-electron chi connectivity index (χ4n) is 2.57. The summed E-state index contributed by atoms with van der Waals surface area (Å²) in [6.45, 7) is 9.16. The number of hydrogen-bond donors (Lipinski definition) is 0. The van der Waals surface area contributed by atoms with Crippen molar-refractivity contribution in [3.63, 3.8) is 0 Å². The van der Waals surface area contributed by atoms with Gasteiger partial charge in [0.15, 0.2) is 0 Å². The molecule has 0 saturated heterocycles. The molecule has 1 aromatic heterocycles. The van der Waals surface area contributed by atoms with Gasteiger partial charge in [-0.25, -0.2) is 4.98 Å². The smallest absolute Gasteiger partial charge is 0.246 e. The molecule has 2 aromatic carbocycles. The Bertz CT molecular complexity index is 896. The Balaban J connectivity index is 0.000000198. The molecule has 3 rings (SSSR count). The van der Waals surface area contributed by atoms with Crippen LogP contribution in [0.2, 0.25) is 0 Å². The fourth-order valence-corrected chi connectivity index (χ4v) is 2.57. The molecule has 0 aliphatic rings. The van der Waals surface area contributed by atoms with Gasteiger partial charge < -0.3 is 4.90 Å². The summed E-state index contributed by atoms with van der Waals surface area (Å²) in [5, 5.41) is 1.17. The molecule has 0 fully saturated rings. The van der Waals surface area contributed by atoms with Gasteiger partial charge in [-0.1, -0.05) is 61.2 Å². The lowest BCUT2D eigenvalue weighted by Crippen LogP contribution is -2.28. The second-order valence-electron chi connectivity index (χ2n) is 5.89. The monoisotopic (exact) mass is 358 g/mol. The number of rotatable bonds is 5. The zero-order chi connectivity index (χ0) is 19.5. The summed E-state index contributed by atoms with van der Waals surface area (Å²) in [5.74, 6) is 0.0730. The molecule has 3 aromatic rings. The van der Waals surface area contributed by atoms with E-state index < -0.39 is 0 Å². The van der Waals surface area contributed by atoms with Crippen LogP contribution in [0.5, 0.6) is 0 Å². The number of hydrogen-bond acceptors (Lipinski definition) is 2. The average Bonchev–Trinajstić information content (AvgIpc) is 2.74. The highest BCUT2D eigenvalue weighted by Crippen LogP contribution is 2.11. The summed E-state index contributed by atoms with van der Waals surface area (Å²) < 4.78 is 0. The largest absolute Gasteiger partial charge is 0.340 e. The number of likely N-dealkylation sites (N-methyl/N-ethyl adjacent to an activating group) is 1. The van der Waals surface area contributed by atoms with Crippen LogP contribution in [-0.4, -0.2) is 28.9 Å². The number of amides is 1. The molecular formula is C24H26N2O. The quantitative estimate of drug-likeness (QED) is 0.569. The van der Waals surface area contributed by atoms with Gasteiger partial charge >= 0.3 is 0 Å². The van der Waals surface area contributed by atoms with Crippen LogP contribution in [0.4, 0.5) is 0 Å². The Morgan fingerprint density at radius 2 is 1.63 bits per heavy atom. The lowest BCUT2D eigenvalue weighted by Gasteiger charge is -2.15. The molecule has 0 atom stereocenters. The van der Waals surface area contributed by atoms with Crippen LogP contribution in [0.15, 0.2) is 79.4 Å². The average molecular weight is 358 g/mol. The Kier molecular flexibility index (Phi) is 7.98. The maximum absolute atomic E-state index is 11.6. The van der Waals surface area contributed by atoms with Crippen LogP contribution < -0.4 is 0 Å². The van der Waals surface area contributed by atoms with Crippen molar-refractivity contribution in [2.24, 2.45) is 0 Å². The first-order valence-electron chi connectivity index (χ1n) is 9.18. The van der Waals surface area contributed by atoms with Gasteiger partial charge in [0.1, 0.15) is 0 Å². The molecule has 0 bridgehead atoms. The molecule has 1 heterocycles. The van der Waals surface area contributed by atoms with Crippen molar-refractivity contribution in [2.75, 3.05) is 13.1 Å². The van der Waals surface area contributed by atoms with Crippen LogP contribution in [0, 0.1) is 0 Å².